The summed E-state index contributed by atoms with van der Waals surface area (Å²) in [6, 6.07) is 7.22. The van der Waals surface area contributed by atoms with Gasteiger partial charge in [-0.15, -0.1) is 0 Å². The molecule has 1 aliphatic heterocycles. The van der Waals surface area contributed by atoms with E-state index >= 15 is 4.39 Å². The summed E-state index contributed by atoms with van der Waals surface area (Å²) in [5.41, 5.74) is 0.162. The number of carbonyl (C=O) groups is 1. The lowest BCUT2D eigenvalue weighted by atomic mass is 9.92. The average Bonchev–Trinajstić information content (AvgIpc) is 2.86. The highest BCUT2D eigenvalue weighted by Crippen LogP contribution is 2.36. The number of alkyl halides is 1. The lowest BCUT2D eigenvalue weighted by molar-refractivity contribution is -0.0110. The molecule has 0 bridgehead atoms. The highest BCUT2D eigenvalue weighted by atomic mass is 19.1. The monoisotopic (exact) mass is 504 g/mol. The molecule has 0 saturated carbocycles. The minimum atomic E-state index is -1.61. The number of methoxy groups -OCH3 is 2. The molecular formula is C26H34F2N4O4. The van der Waals surface area contributed by atoms with Crippen LogP contribution in [-0.2, 0) is 14.2 Å². The van der Waals surface area contributed by atoms with Crippen LogP contribution in [0.5, 0.6) is 0 Å². The summed E-state index contributed by atoms with van der Waals surface area (Å²) in [4.78, 5) is 18.8. The number of ether oxygens (including phenoxy) is 3. The molecule has 10 heteroatoms. The smallest absolute Gasteiger partial charge is 0.356 e. The molecule has 3 rings (SSSR count). The number of nitrogens with zero attached hydrogens (tertiary/aromatic N) is 2. The summed E-state index contributed by atoms with van der Waals surface area (Å²) in [6.45, 7) is 4.89. The number of nitrogens with one attached hydrogen (secondary N) is 2. The molecular weight excluding hydrogens is 470 g/mol. The van der Waals surface area contributed by atoms with Crippen LogP contribution in [0.4, 0.5) is 26.0 Å². The number of anilines is 3. The molecule has 1 atom stereocenters. The van der Waals surface area contributed by atoms with E-state index in [0.29, 0.717) is 49.5 Å². The molecule has 196 valence electrons. The molecule has 1 fully saturated rings. The SMILES string of the molecule is COCCOCC1(F)CCCN(c2cc(C(=O)OC)nc(Nc3ccc(F)cc3)c2C(=N)C(C)C)C1. The Bertz CT molecular complexity index is 1060. The fourth-order valence-corrected chi connectivity index (χ4v) is 4.11. The Labute approximate surface area is 210 Å². The Morgan fingerprint density at radius 2 is 1.97 bits per heavy atom. The molecule has 1 saturated heterocycles. The number of hydrogen-bond acceptors (Lipinski definition) is 8. The van der Waals surface area contributed by atoms with Crippen molar-refractivity contribution in [3.05, 3.63) is 47.4 Å². The van der Waals surface area contributed by atoms with Crippen LogP contribution < -0.4 is 10.2 Å². The Morgan fingerprint density at radius 3 is 2.61 bits per heavy atom. The topological polar surface area (TPSA) is 96.8 Å². The van der Waals surface area contributed by atoms with Gasteiger partial charge in [-0.1, -0.05) is 13.8 Å². The van der Waals surface area contributed by atoms with Gasteiger partial charge >= 0.3 is 5.97 Å². The highest BCUT2D eigenvalue weighted by molar-refractivity contribution is 6.09. The fraction of sp³-hybridized carbons (Fsp3) is 0.500. The molecule has 0 amide bonds. The average molecular weight is 505 g/mol. The van der Waals surface area contributed by atoms with Crippen molar-refractivity contribution in [3.8, 4) is 0 Å². The summed E-state index contributed by atoms with van der Waals surface area (Å²) >= 11 is 0. The van der Waals surface area contributed by atoms with Crippen LogP contribution in [0.3, 0.4) is 0 Å². The number of esters is 1. The van der Waals surface area contributed by atoms with Crippen LogP contribution in [0.15, 0.2) is 30.3 Å². The zero-order valence-corrected chi connectivity index (χ0v) is 21.2. The van der Waals surface area contributed by atoms with E-state index in [0.717, 1.165) is 0 Å². The third-order valence-electron chi connectivity index (χ3n) is 6.01. The van der Waals surface area contributed by atoms with Gasteiger partial charge in [0.25, 0.3) is 0 Å². The molecule has 1 unspecified atom stereocenters. The molecule has 2 heterocycles. The first-order chi connectivity index (χ1) is 17.2. The standard InChI is InChI=1S/C26H34F2N4O4/c1-17(2)23(29)22-21(32-11-5-10-26(28,15-32)16-36-13-12-34-3)14-20(25(33)35-4)31-24(22)30-19-8-6-18(27)7-9-19/h6-9,14,17,29H,5,10-13,15-16H2,1-4H3,(H,30,31). The summed E-state index contributed by atoms with van der Waals surface area (Å²) in [6.07, 6.45) is 0.901. The number of halogens is 2. The summed E-state index contributed by atoms with van der Waals surface area (Å²) < 4.78 is 44.7. The van der Waals surface area contributed by atoms with Crippen molar-refractivity contribution < 1.29 is 27.8 Å². The summed E-state index contributed by atoms with van der Waals surface area (Å²) in [5.74, 6) is -0.995. The van der Waals surface area contributed by atoms with Crippen LogP contribution in [-0.4, -0.2) is 69.5 Å². The van der Waals surface area contributed by atoms with Crippen LogP contribution in [0.1, 0.15) is 42.7 Å². The third-order valence-corrected chi connectivity index (χ3v) is 6.01. The number of aromatic nitrogens is 1. The molecule has 1 aromatic carbocycles. The quantitative estimate of drug-likeness (QED) is 0.259. The van der Waals surface area contributed by atoms with E-state index in [1.165, 1.54) is 31.4 Å². The van der Waals surface area contributed by atoms with Gasteiger partial charge in [0.15, 0.2) is 11.4 Å². The molecule has 2 N–H and O–H groups in total. The molecule has 0 radical (unpaired) electrons. The van der Waals surface area contributed by atoms with Crippen molar-refractivity contribution in [1.29, 1.82) is 5.41 Å². The van der Waals surface area contributed by atoms with E-state index in [-0.39, 0.29) is 36.3 Å². The first-order valence-corrected chi connectivity index (χ1v) is 11.9. The maximum Gasteiger partial charge on any atom is 0.356 e. The van der Waals surface area contributed by atoms with Crippen LogP contribution in [0, 0.1) is 17.1 Å². The van der Waals surface area contributed by atoms with Gasteiger partial charge in [-0.25, -0.2) is 18.6 Å². The minimum absolute atomic E-state index is 0.0174. The fourth-order valence-electron chi connectivity index (χ4n) is 4.11. The van der Waals surface area contributed by atoms with Gasteiger partial charge in [0, 0.05) is 25.1 Å². The Morgan fingerprint density at radius 1 is 1.25 bits per heavy atom. The first-order valence-electron chi connectivity index (χ1n) is 11.9. The van der Waals surface area contributed by atoms with Gasteiger partial charge in [0.1, 0.15) is 11.6 Å². The van der Waals surface area contributed by atoms with Gasteiger partial charge in [-0.05, 0) is 49.1 Å². The van der Waals surface area contributed by atoms with E-state index in [4.69, 9.17) is 19.6 Å². The molecule has 1 aromatic heterocycles. The summed E-state index contributed by atoms with van der Waals surface area (Å²) in [5, 5.41) is 12.0. The van der Waals surface area contributed by atoms with Gasteiger partial charge in [0.05, 0.1) is 44.7 Å². The highest BCUT2D eigenvalue weighted by Gasteiger charge is 2.38. The number of rotatable bonds is 11. The van der Waals surface area contributed by atoms with Crippen molar-refractivity contribution in [1.82, 2.24) is 4.98 Å². The Balaban J connectivity index is 2.06. The van der Waals surface area contributed by atoms with E-state index in [2.05, 4.69) is 10.3 Å². The predicted octanol–water partition coefficient (Wildman–Crippen LogP) is 4.75. The number of carbonyl (C=O) groups excluding carboxylic acids is 1. The minimum Gasteiger partial charge on any atom is -0.464 e. The summed E-state index contributed by atoms with van der Waals surface area (Å²) in [7, 11) is 2.81. The molecule has 0 spiro atoms. The number of piperidine rings is 1. The normalized spacial score (nSPS) is 17.8. The largest absolute Gasteiger partial charge is 0.464 e. The lowest BCUT2D eigenvalue weighted by Gasteiger charge is -2.39. The molecule has 36 heavy (non-hydrogen) atoms. The van der Waals surface area contributed by atoms with E-state index in [1.807, 2.05) is 18.7 Å². The Kier molecular flexibility index (Phi) is 9.33. The van der Waals surface area contributed by atoms with Gasteiger partial charge in [-0.3, -0.25) is 0 Å². The van der Waals surface area contributed by atoms with Crippen LogP contribution in [0.2, 0.25) is 0 Å². The van der Waals surface area contributed by atoms with Gasteiger partial charge < -0.3 is 29.8 Å². The predicted molar refractivity (Wildman–Crippen MR) is 135 cm³/mol. The maximum atomic E-state index is 15.8. The first kappa shape index (κ1) is 27.5. The van der Waals surface area contributed by atoms with Crippen molar-refractivity contribution >= 4 is 28.9 Å². The number of pyridine rings is 1. The molecule has 0 aliphatic carbocycles. The van der Waals surface area contributed by atoms with Crippen molar-refractivity contribution in [2.45, 2.75) is 32.4 Å². The second kappa shape index (κ2) is 12.2. The lowest BCUT2D eigenvalue weighted by Crippen LogP contribution is -2.49. The second-order valence-corrected chi connectivity index (χ2v) is 9.16. The second-order valence-electron chi connectivity index (χ2n) is 9.16. The molecule has 1 aliphatic rings. The number of benzene rings is 1. The van der Waals surface area contributed by atoms with E-state index < -0.39 is 17.5 Å². The third kappa shape index (κ3) is 6.76. The van der Waals surface area contributed by atoms with Crippen molar-refractivity contribution in [2.75, 3.05) is 57.3 Å². The van der Waals surface area contributed by atoms with Crippen LogP contribution >= 0.6 is 0 Å². The zero-order chi connectivity index (χ0) is 26.3. The van der Waals surface area contributed by atoms with Crippen molar-refractivity contribution in [3.63, 3.8) is 0 Å². The van der Waals surface area contributed by atoms with Gasteiger partial charge in [-0.2, -0.15) is 0 Å². The number of hydrogen-bond donors (Lipinski definition) is 2. The van der Waals surface area contributed by atoms with Crippen LogP contribution in [0.25, 0.3) is 0 Å². The maximum absolute atomic E-state index is 15.8. The zero-order valence-electron chi connectivity index (χ0n) is 21.2. The van der Waals surface area contributed by atoms with E-state index in [9.17, 15) is 9.18 Å². The Hall–Kier alpha value is -3.11. The van der Waals surface area contributed by atoms with Crippen molar-refractivity contribution in [2.24, 2.45) is 5.92 Å². The molecule has 2 aromatic rings. The van der Waals surface area contributed by atoms with Gasteiger partial charge in [0.2, 0.25) is 0 Å². The van der Waals surface area contributed by atoms with E-state index in [1.54, 1.807) is 13.2 Å². The molecule has 8 nitrogen and oxygen atoms in total.